The van der Waals surface area contributed by atoms with Crippen LogP contribution in [0.5, 0.6) is 0 Å². The Hall–Kier alpha value is -2.50. The highest BCUT2D eigenvalue weighted by atomic mass is 19.1. The first-order chi connectivity index (χ1) is 9.41. The minimum Gasteiger partial charge on any atom is -0.397 e. The molecule has 0 aliphatic heterocycles. The molecule has 6 heteroatoms. The molecular formula is C14H11F3N2O. The van der Waals surface area contributed by atoms with Crippen LogP contribution in [0, 0.1) is 24.4 Å². The van der Waals surface area contributed by atoms with E-state index in [1.165, 1.54) is 25.1 Å². The second-order valence-corrected chi connectivity index (χ2v) is 4.21. The predicted octanol–water partition coefficient (Wildman–Crippen LogP) is 3.25. The highest BCUT2D eigenvalue weighted by molar-refractivity contribution is 6.06. The molecule has 0 aliphatic rings. The van der Waals surface area contributed by atoms with Crippen molar-refractivity contribution in [1.29, 1.82) is 0 Å². The lowest BCUT2D eigenvalue weighted by Crippen LogP contribution is -2.18. The molecule has 20 heavy (non-hydrogen) atoms. The Morgan fingerprint density at radius 2 is 1.80 bits per heavy atom. The number of carbonyl (C=O) groups is 1. The van der Waals surface area contributed by atoms with Crippen LogP contribution in [-0.4, -0.2) is 5.91 Å². The van der Waals surface area contributed by atoms with E-state index >= 15 is 0 Å². The summed E-state index contributed by atoms with van der Waals surface area (Å²) in [6.45, 7) is 1.39. The molecule has 2 aromatic carbocycles. The summed E-state index contributed by atoms with van der Waals surface area (Å²) < 4.78 is 40.9. The summed E-state index contributed by atoms with van der Waals surface area (Å²) in [6, 6.07) is 5.97. The predicted molar refractivity (Wildman–Crippen MR) is 69.9 cm³/mol. The van der Waals surface area contributed by atoms with Gasteiger partial charge in [0.25, 0.3) is 5.91 Å². The quantitative estimate of drug-likeness (QED) is 0.830. The highest BCUT2D eigenvalue weighted by Gasteiger charge is 2.20. The summed E-state index contributed by atoms with van der Waals surface area (Å²) >= 11 is 0. The topological polar surface area (TPSA) is 55.1 Å². The van der Waals surface area contributed by atoms with Crippen molar-refractivity contribution in [2.75, 3.05) is 11.1 Å². The number of benzene rings is 2. The summed E-state index contributed by atoms with van der Waals surface area (Å²) in [6.07, 6.45) is 0. The second-order valence-electron chi connectivity index (χ2n) is 4.21. The molecular weight excluding hydrogens is 269 g/mol. The zero-order chi connectivity index (χ0) is 14.9. The lowest BCUT2D eigenvalue weighted by Gasteiger charge is -2.11. The van der Waals surface area contributed by atoms with Gasteiger partial charge in [-0.2, -0.15) is 0 Å². The number of halogens is 3. The van der Waals surface area contributed by atoms with Crippen molar-refractivity contribution < 1.29 is 18.0 Å². The Bertz CT molecular complexity index is 666. The van der Waals surface area contributed by atoms with Crippen LogP contribution >= 0.6 is 0 Å². The SMILES string of the molecule is Cc1ccc(F)c(C(=O)Nc2c(N)cccc2F)c1F. The summed E-state index contributed by atoms with van der Waals surface area (Å²) in [5.41, 5.74) is 4.51. The molecule has 0 saturated carbocycles. The maximum Gasteiger partial charge on any atom is 0.261 e. The maximum absolute atomic E-state index is 13.8. The molecule has 2 rings (SSSR count). The number of aryl methyl sites for hydroxylation is 1. The molecule has 0 spiro atoms. The maximum atomic E-state index is 13.8. The largest absolute Gasteiger partial charge is 0.397 e. The number of rotatable bonds is 2. The van der Waals surface area contributed by atoms with Crippen LogP contribution in [0.4, 0.5) is 24.5 Å². The average Bonchev–Trinajstić information content (AvgIpc) is 2.39. The lowest BCUT2D eigenvalue weighted by atomic mass is 10.1. The van der Waals surface area contributed by atoms with Crippen molar-refractivity contribution in [3.63, 3.8) is 0 Å². The fourth-order valence-electron chi connectivity index (χ4n) is 1.71. The van der Waals surface area contributed by atoms with Gasteiger partial charge in [0, 0.05) is 0 Å². The van der Waals surface area contributed by atoms with Crippen LogP contribution in [0.25, 0.3) is 0 Å². The summed E-state index contributed by atoms with van der Waals surface area (Å²) in [5, 5.41) is 2.08. The monoisotopic (exact) mass is 280 g/mol. The average molecular weight is 280 g/mol. The number of nitrogens with two attached hydrogens (primary N) is 1. The molecule has 0 heterocycles. The molecule has 104 valence electrons. The van der Waals surface area contributed by atoms with Crippen LogP contribution in [-0.2, 0) is 0 Å². The van der Waals surface area contributed by atoms with Gasteiger partial charge in [0.15, 0.2) is 0 Å². The molecule has 0 atom stereocenters. The van der Waals surface area contributed by atoms with Gasteiger partial charge >= 0.3 is 0 Å². The van der Waals surface area contributed by atoms with E-state index in [1.807, 2.05) is 0 Å². The van der Waals surface area contributed by atoms with E-state index in [-0.39, 0.29) is 16.9 Å². The summed E-state index contributed by atoms with van der Waals surface area (Å²) in [7, 11) is 0. The van der Waals surface area contributed by atoms with Gasteiger partial charge in [0.05, 0.1) is 5.69 Å². The number of anilines is 2. The molecule has 0 saturated heterocycles. The van der Waals surface area contributed by atoms with Gasteiger partial charge in [0.1, 0.15) is 28.7 Å². The molecule has 0 fully saturated rings. The van der Waals surface area contributed by atoms with E-state index in [0.29, 0.717) is 0 Å². The van der Waals surface area contributed by atoms with Crippen molar-refractivity contribution >= 4 is 17.3 Å². The smallest absolute Gasteiger partial charge is 0.261 e. The van der Waals surface area contributed by atoms with E-state index in [4.69, 9.17) is 5.73 Å². The molecule has 2 aromatic rings. The normalized spacial score (nSPS) is 10.4. The number of hydrogen-bond donors (Lipinski definition) is 2. The highest BCUT2D eigenvalue weighted by Crippen LogP contribution is 2.24. The van der Waals surface area contributed by atoms with E-state index in [2.05, 4.69) is 5.32 Å². The van der Waals surface area contributed by atoms with Gasteiger partial charge in [-0.25, -0.2) is 13.2 Å². The van der Waals surface area contributed by atoms with Gasteiger partial charge in [-0.05, 0) is 30.7 Å². The van der Waals surface area contributed by atoms with Crippen LogP contribution in [0.3, 0.4) is 0 Å². The Balaban J connectivity index is 2.41. The third-order valence-corrected chi connectivity index (χ3v) is 2.80. The Labute approximate surface area is 113 Å². The zero-order valence-corrected chi connectivity index (χ0v) is 10.5. The van der Waals surface area contributed by atoms with Gasteiger partial charge in [-0.1, -0.05) is 12.1 Å². The number of hydrogen-bond acceptors (Lipinski definition) is 2. The molecule has 0 unspecified atom stereocenters. The first kappa shape index (κ1) is 13.9. The fraction of sp³-hybridized carbons (Fsp3) is 0.0714. The van der Waals surface area contributed by atoms with Crippen LogP contribution in [0.2, 0.25) is 0 Å². The standard InChI is InChI=1S/C14H11F3N2O/c1-7-5-6-8(15)11(12(7)17)14(20)19-13-9(16)3-2-4-10(13)18/h2-6H,18H2,1H3,(H,19,20). The van der Waals surface area contributed by atoms with Crippen molar-refractivity contribution in [3.05, 3.63) is 58.9 Å². The zero-order valence-electron chi connectivity index (χ0n) is 10.5. The first-order valence-electron chi connectivity index (χ1n) is 5.71. The summed E-state index contributed by atoms with van der Waals surface area (Å²) in [5.74, 6) is -3.90. The number of carbonyl (C=O) groups excluding carboxylic acids is 1. The van der Waals surface area contributed by atoms with Crippen molar-refractivity contribution in [3.8, 4) is 0 Å². The van der Waals surface area contributed by atoms with Gasteiger partial charge in [-0.3, -0.25) is 4.79 Å². The van der Waals surface area contributed by atoms with E-state index < -0.39 is 28.9 Å². The molecule has 0 aromatic heterocycles. The lowest BCUT2D eigenvalue weighted by molar-refractivity contribution is 0.101. The van der Waals surface area contributed by atoms with Crippen LogP contribution in [0.15, 0.2) is 30.3 Å². The van der Waals surface area contributed by atoms with Gasteiger partial charge < -0.3 is 11.1 Å². The van der Waals surface area contributed by atoms with Crippen molar-refractivity contribution in [1.82, 2.24) is 0 Å². The minimum absolute atomic E-state index is 0.0354. The number of nitrogen functional groups attached to an aromatic ring is 1. The van der Waals surface area contributed by atoms with Gasteiger partial charge in [-0.15, -0.1) is 0 Å². The number of amides is 1. The van der Waals surface area contributed by atoms with Crippen LogP contribution < -0.4 is 11.1 Å². The number of nitrogens with one attached hydrogen (secondary N) is 1. The third-order valence-electron chi connectivity index (χ3n) is 2.80. The molecule has 0 bridgehead atoms. The summed E-state index contributed by atoms with van der Waals surface area (Å²) in [4.78, 5) is 11.9. The van der Waals surface area contributed by atoms with Crippen molar-refractivity contribution in [2.24, 2.45) is 0 Å². The van der Waals surface area contributed by atoms with E-state index in [9.17, 15) is 18.0 Å². The Morgan fingerprint density at radius 1 is 1.10 bits per heavy atom. The minimum atomic E-state index is -1.10. The van der Waals surface area contributed by atoms with Crippen LogP contribution in [0.1, 0.15) is 15.9 Å². The van der Waals surface area contributed by atoms with Crippen molar-refractivity contribution in [2.45, 2.75) is 6.92 Å². The molecule has 3 N–H and O–H groups in total. The molecule has 3 nitrogen and oxygen atoms in total. The molecule has 0 radical (unpaired) electrons. The first-order valence-corrected chi connectivity index (χ1v) is 5.71. The molecule has 1 amide bonds. The fourth-order valence-corrected chi connectivity index (χ4v) is 1.71. The Morgan fingerprint density at radius 3 is 2.45 bits per heavy atom. The van der Waals surface area contributed by atoms with E-state index in [0.717, 1.165) is 12.1 Å². The third kappa shape index (κ3) is 2.45. The number of para-hydroxylation sites is 1. The second kappa shape index (κ2) is 5.24. The van der Waals surface area contributed by atoms with E-state index in [1.54, 1.807) is 0 Å². The molecule has 0 aliphatic carbocycles. The Kier molecular flexibility index (Phi) is 3.65. The van der Waals surface area contributed by atoms with Gasteiger partial charge in [0.2, 0.25) is 0 Å².